The Morgan fingerprint density at radius 1 is 1.14 bits per heavy atom. The molecule has 0 spiro atoms. The first-order chi connectivity index (χ1) is 14.2. The van der Waals surface area contributed by atoms with Gasteiger partial charge in [0.1, 0.15) is 17.4 Å². The van der Waals surface area contributed by atoms with Gasteiger partial charge in [-0.25, -0.2) is 9.37 Å². The number of carbonyl (C=O) groups excluding carboxylic acids is 1. The molecular formula is C23H24FN3O2. The van der Waals surface area contributed by atoms with Crippen LogP contribution < -0.4 is 5.32 Å². The maximum atomic E-state index is 13.5. The highest BCUT2D eigenvalue weighted by atomic mass is 19.1. The number of amides is 1. The van der Waals surface area contributed by atoms with E-state index >= 15 is 0 Å². The Morgan fingerprint density at radius 2 is 1.93 bits per heavy atom. The van der Waals surface area contributed by atoms with E-state index in [1.165, 1.54) is 12.1 Å². The second-order valence-electron chi connectivity index (χ2n) is 8.09. The summed E-state index contributed by atoms with van der Waals surface area (Å²) in [5.41, 5.74) is 2.48. The molecule has 2 unspecified atom stereocenters. The van der Waals surface area contributed by atoms with Crippen molar-refractivity contribution in [3.63, 3.8) is 0 Å². The van der Waals surface area contributed by atoms with Crippen LogP contribution in [-0.2, 0) is 4.79 Å². The van der Waals surface area contributed by atoms with Crippen LogP contribution >= 0.6 is 0 Å². The summed E-state index contributed by atoms with van der Waals surface area (Å²) >= 11 is 0. The number of aromatic nitrogens is 1. The molecule has 1 aliphatic heterocycles. The molecule has 0 bridgehead atoms. The monoisotopic (exact) mass is 393 g/mol. The molecule has 2 fully saturated rings. The Hall–Kier alpha value is -2.73. The van der Waals surface area contributed by atoms with Gasteiger partial charge in [0, 0.05) is 18.5 Å². The van der Waals surface area contributed by atoms with Gasteiger partial charge in [0.15, 0.2) is 11.5 Å². The Bertz CT molecular complexity index is 979. The van der Waals surface area contributed by atoms with Crippen molar-refractivity contribution in [3.8, 4) is 0 Å². The third-order valence-corrected chi connectivity index (χ3v) is 5.84. The third-order valence-electron chi connectivity index (χ3n) is 5.84. The molecule has 6 heteroatoms. The number of oxazole rings is 1. The smallest absolute Gasteiger partial charge is 0.242 e. The second-order valence-corrected chi connectivity index (χ2v) is 8.09. The van der Waals surface area contributed by atoms with Gasteiger partial charge in [0.25, 0.3) is 0 Å². The zero-order valence-corrected chi connectivity index (χ0v) is 16.2. The molecule has 2 aliphatic rings. The summed E-state index contributed by atoms with van der Waals surface area (Å²) in [4.78, 5) is 19.9. The molecule has 2 atom stereocenters. The number of likely N-dealkylation sites (tertiary alicyclic amines) is 1. The number of rotatable bonds is 5. The molecule has 0 radical (unpaired) electrons. The topological polar surface area (TPSA) is 58.4 Å². The van der Waals surface area contributed by atoms with Gasteiger partial charge in [0.05, 0.1) is 0 Å². The number of nitrogens with zero attached hydrogens (tertiary/aromatic N) is 2. The number of piperidine rings is 1. The van der Waals surface area contributed by atoms with E-state index in [0.717, 1.165) is 54.8 Å². The van der Waals surface area contributed by atoms with E-state index in [-0.39, 0.29) is 23.7 Å². The first-order valence-corrected chi connectivity index (χ1v) is 10.3. The number of hydrogen-bond acceptors (Lipinski definition) is 4. The Kier molecular flexibility index (Phi) is 4.79. The van der Waals surface area contributed by atoms with Crippen molar-refractivity contribution < 1.29 is 13.6 Å². The predicted molar refractivity (Wildman–Crippen MR) is 108 cm³/mol. The van der Waals surface area contributed by atoms with Crippen molar-refractivity contribution in [2.24, 2.45) is 0 Å². The summed E-state index contributed by atoms with van der Waals surface area (Å²) in [5.74, 6) is 0.569. The molecule has 5 rings (SSSR count). The molecule has 2 heterocycles. The van der Waals surface area contributed by atoms with Crippen molar-refractivity contribution in [2.45, 2.75) is 43.7 Å². The van der Waals surface area contributed by atoms with Crippen molar-refractivity contribution in [2.75, 3.05) is 13.1 Å². The van der Waals surface area contributed by atoms with Crippen molar-refractivity contribution in [1.29, 1.82) is 0 Å². The van der Waals surface area contributed by atoms with Gasteiger partial charge in [-0.2, -0.15) is 0 Å². The van der Waals surface area contributed by atoms with Crippen molar-refractivity contribution >= 4 is 17.0 Å². The van der Waals surface area contributed by atoms with Crippen LogP contribution in [0.15, 0.2) is 52.9 Å². The van der Waals surface area contributed by atoms with Crippen LogP contribution in [-0.4, -0.2) is 34.9 Å². The van der Waals surface area contributed by atoms with Gasteiger partial charge in [0.2, 0.25) is 5.91 Å². The highest BCUT2D eigenvalue weighted by Gasteiger charge is 2.36. The third kappa shape index (κ3) is 3.90. The molecule has 1 N–H and O–H groups in total. The summed E-state index contributed by atoms with van der Waals surface area (Å²) in [7, 11) is 0. The zero-order chi connectivity index (χ0) is 19.8. The van der Waals surface area contributed by atoms with Crippen molar-refractivity contribution in [3.05, 3.63) is 65.8 Å². The van der Waals surface area contributed by atoms with Crippen LogP contribution in [0, 0.1) is 5.82 Å². The zero-order valence-electron chi connectivity index (χ0n) is 16.2. The van der Waals surface area contributed by atoms with Gasteiger partial charge in [-0.1, -0.05) is 24.3 Å². The van der Waals surface area contributed by atoms with Gasteiger partial charge in [-0.05, 0) is 62.1 Å². The number of fused-ring (bicyclic) bond motifs is 1. The minimum atomic E-state index is -0.427. The largest absolute Gasteiger partial charge is 0.440 e. The number of carbonyl (C=O) groups is 1. The van der Waals surface area contributed by atoms with Gasteiger partial charge in [-0.15, -0.1) is 0 Å². The highest BCUT2D eigenvalue weighted by molar-refractivity contribution is 5.83. The molecule has 5 nitrogen and oxygen atoms in total. The molecule has 1 saturated carbocycles. The number of halogens is 1. The highest BCUT2D eigenvalue weighted by Crippen LogP contribution is 2.34. The van der Waals surface area contributed by atoms with Gasteiger partial charge in [-0.3, -0.25) is 9.69 Å². The minimum absolute atomic E-state index is 0.00248. The van der Waals surface area contributed by atoms with Gasteiger partial charge < -0.3 is 9.73 Å². The standard InChI is InChI=1S/C23H24FN3O2/c24-17-9-7-15(8-10-17)21(22(28)25-18-11-12-18)27-13-3-4-16(14-27)23-26-19-5-1-2-6-20(19)29-23/h1-2,5-10,16,18,21H,3-4,11-14H2,(H,25,28). The first-order valence-electron chi connectivity index (χ1n) is 10.3. The molecule has 1 saturated heterocycles. The minimum Gasteiger partial charge on any atom is -0.440 e. The van der Waals surface area contributed by atoms with Crippen LogP contribution in [0.5, 0.6) is 0 Å². The van der Waals surface area contributed by atoms with Crippen molar-refractivity contribution in [1.82, 2.24) is 15.2 Å². The van der Waals surface area contributed by atoms with E-state index in [2.05, 4.69) is 15.2 Å². The van der Waals surface area contributed by atoms with E-state index in [0.29, 0.717) is 6.54 Å². The molecule has 150 valence electrons. The van der Waals surface area contributed by atoms with Crippen LogP contribution in [0.1, 0.15) is 49.1 Å². The molecule has 2 aromatic carbocycles. The summed E-state index contributed by atoms with van der Waals surface area (Å²) in [5, 5.41) is 3.13. The number of para-hydroxylation sites is 2. The number of benzene rings is 2. The quantitative estimate of drug-likeness (QED) is 0.707. The molecule has 1 aliphatic carbocycles. The second kappa shape index (κ2) is 7.59. The molecular weight excluding hydrogens is 369 g/mol. The van der Waals surface area contributed by atoms with Crippen LogP contribution in [0.3, 0.4) is 0 Å². The van der Waals surface area contributed by atoms with E-state index in [9.17, 15) is 9.18 Å². The summed E-state index contributed by atoms with van der Waals surface area (Å²) in [6.45, 7) is 1.50. The Morgan fingerprint density at radius 3 is 2.69 bits per heavy atom. The summed E-state index contributed by atoms with van der Waals surface area (Å²) < 4.78 is 19.5. The van der Waals surface area contributed by atoms with E-state index in [1.54, 1.807) is 12.1 Å². The SMILES string of the molecule is O=C(NC1CC1)C(c1ccc(F)cc1)N1CCCC(c2nc3ccccc3o2)C1. The van der Waals surface area contributed by atoms with Crippen LogP contribution in [0.2, 0.25) is 0 Å². The summed E-state index contributed by atoms with van der Waals surface area (Å²) in [6.07, 6.45) is 4.00. The lowest BCUT2D eigenvalue weighted by atomic mass is 9.94. The maximum absolute atomic E-state index is 13.5. The number of hydrogen-bond donors (Lipinski definition) is 1. The van der Waals surface area contributed by atoms with E-state index < -0.39 is 6.04 Å². The first kappa shape index (κ1) is 18.3. The summed E-state index contributed by atoms with van der Waals surface area (Å²) in [6, 6.07) is 13.9. The fourth-order valence-corrected chi connectivity index (χ4v) is 4.19. The molecule has 1 aromatic heterocycles. The lowest BCUT2D eigenvalue weighted by Crippen LogP contribution is -2.45. The average Bonchev–Trinajstić information content (AvgIpc) is 3.44. The maximum Gasteiger partial charge on any atom is 0.242 e. The molecule has 29 heavy (non-hydrogen) atoms. The molecule has 1 amide bonds. The van der Waals surface area contributed by atoms with Crippen LogP contribution in [0.25, 0.3) is 11.1 Å². The predicted octanol–water partition coefficient (Wildman–Crippen LogP) is 4.17. The molecule has 3 aromatic rings. The number of nitrogens with one attached hydrogen (secondary N) is 1. The fourth-order valence-electron chi connectivity index (χ4n) is 4.19. The normalized spacial score (nSPS) is 21.2. The van der Waals surface area contributed by atoms with E-state index in [4.69, 9.17) is 4.42 Å². The Labute approximate surface area is 168 Å². The van der Waals surface area contributed by atoms with Crippen LogP contribution in [0.4, 0.5) is 4.39 Å². The fraction of sp³-hybridized carbons (Fsp3) is 0.391. The average molecular weight is 393 g/mol. The Balaban J connectivity index is 1.41. The van der Waals surface area contributed by atoms with E-state index in [1.807, 2.05) is 24.3 Å². The van der Waals surface area contributed by atoms with Gasteiger partial charge >= 0.3 is 0 Å². The lowest BCUT2D eigenvalue weighted by Gasteiger charge is -2.36. The lowest BCUT2D eigenvalue weighted by molar-refractivity contribution is -0.127.